The molecule has 5 heteroatoms. The summed E-state index contributed by atoms with van der Waals surface area (Å²) in [4.78, 5) is 10.6. The van der Waals surface area contributed by atoms with Gasteiger partial charge in [0.1, 0.15) is 5.82 Å². The molecule has 0 radical (unpaired) electrons. The van der Waals surface area contributed by atoms with E-state index in [1.807, 2.05) is 6.92 Å². The highest BCUT2D eigenvalue weighted by Crippen LogP contribution is 2.01. The quantitative estimate of drug-likeness (QED) is 0.623. The third kappa shape index (κ3) is 1.54. The molecule has 0 aromatic carbocycles. The standard InChI is InChI=1S/C6H10N4O/c1-4-8-9-6(10(4)3)7-5(2)11/h1-3H3,(H,7,9,11). The van der Waals surface area contributed by atoms with E-state index >= 15 is 0 Å². The Labute approximate surface area is 64.4 Å². The number of rotatable bonds is 1. The summed E-state index contributed by atoms with van der Waals surface area (Å²) in [5.74, 6) is 1.12. The molecule has 5 nitrogen and oxygen atoms in total. The van der Waals surface area contributed by atoms with Gasteiger partial charge in [0, 0.05) is 14.0 Å². The largest absolute Gasteiger partial charge is 0.300 e. The molecule has 1 rings (SSSR count). The average Bonchev–Trinajstić information content (AvgIpc) is 2.18. The molecule has 60 valence electrons. The van der Waals surface area contributed by atoms with Crippen LogP contribution in [0.4, 0.5) is 5.95 Å². The maximum absolute atomic E-state index is 10.6. The number of hydrogen-bond acceptors (Lipinski definition) is 3. The van der Waals surface area contributed by atoms with Gasteiger partial charge in [-0.05, 0) is 6.92 Å². The molecule has 0 saturated heterocycles. The van der Waals surface area contributed by atoms with Gasteiger partial charge in [-0.15, -0.1) is 10.2 Å². The lowest BCUT2D eigenvalue weighted by Gasteiger charge is -1.99. The molecule has 0 aliphatic heterocycles. The summed E-state index contributed by atoms with van der Waals surface area (Å²) < 4.78 is 1.71. The van der Waals surface area contributed by atoms with Crippen LogP contribution in [-0.4, -0.2) is 20.7 Å². The molecule has 1 amide bonds. The smallest absolute Gasteiger partial charge is 0.230 e. The van der Waals surface area contributed by atoms with Gasteiger partial charge in [0.05, 0.1) is 0 Å². The Morgan fingerprint density at radius 2 is 2.18 bits per heavy atom. The zero-order valence-corrected chi connectivity index (χ0v) is 6.75. The molecule has 1 aromatic heterocycles. The van der Waals surface area contributed by atoms with E-state index in [4.69, 9.17) is 0 Å². The molecule has 1 heterocycles. The normalized spacial score (nSPS) is 9.73. The molecule has 1 N–H and O–H groups in total. The molecular weight excluding hydrogens is 144 g/mol. The Kier molecular flexibility index (Phi) is 1.89. The third-order valence-electron chi connectivity index (χ3n) is 1.38. The minimum atomic E-state index is -0.138. The van der Waals surface area contributed by atoms with Crippen molar-refractivity contribution in [1.82, 2.24) is 14.8 Å². The Hall–Kier alpha value is -1.39. The van der Waals surface area contributed by atoms with Crippen molar-refractivity contribution in [1.29, 1.82) is 0 Å². The molecule has 0 bridgehead atoms. The maximum Gasteiger partial charge on any atom is 0.230 e. The number of carbonyl (C=O) groups excluding carboxylic acids is 1. The highest BCUT2D eigenvalue weighted by Gasteiger charge is 2.04. The van der Waals surface area contributed by atoms with Gasteiger partial charge in [0.15, 0.2) is 0 Å². The van der Waals surface area contributed by atoms with Crippen molar-refractivity contribution < 1.29 is 4.79 Å². The molecule has 0 unspecified atom stereocenters. The first-order valence-corrected chi connectivity index (χ1v) is 3.25. The first-order valence-electron chi connectivity index (χ1n) is 3.25. The number of hydrogen-bond donors (Lipinski definition) is 1. The Balaban J connectivity index is 2.87. The first kappa shape index (κ1) is 7.71. The number of nitrogens with one attached hydrogen (secondary N) is 1. The van der Waals surface area contributed by atoms with E-state index < -0.39 is 0 Å². The minimum absolute atomic E-state index is 0.138. The predicted octanol–water partition coefficient (Wildman–Crippen LogP) is 0.0819. The van der Waals surface area contributed by atoms with Gasteiger partial charge in [-0.25, -0.2) is 0 Å². The Morgan fingerprint density at radius 1 is 1.55 bits per heavy atom. The van der Waals surface area contributed by atoms with Gasteiger partial charge in [-0.3, -0.25) is 10.1 Å². The topological polar surface area (TPSA) is 59.8 Å². The second kappa shape index (κ2) is 2.69. The molecule has 0 spiro atoms. The zero-order chi connectivity index (χ0) is 8.43. The minimum Gasteiger partial charge on any atom is -0.300 e. The summed E-state index contributed by atoms with van der Waals surface area (Å²) in [5.41, 5.74) is 0. The van der Waals surface area contributed by atoms with Crippen molar-refractivity contribution >= 4 is 11.9 Å². The lowest BCUT2D eigenvalue weighted by atomic mass is 10.6. The van der Waals surface area contributed by atoms with Gasteiger partial charge in [-0.1, -0.05) is 0 Å². The van der Waals surface area contributed by atoms with Crippen LogP contribution in [0.1, 0.15) is 12.7 Å². The number of aryl methyl sites for hydroxylation is 1. The zero-order valence-electron chi connectivity index (χ0n) is 6.75. The molecule has 1 aromatic rings. The summed E-state index contributed by atoms with van der Waals surface area (Å²) >= 11 is 0. The fourth-order valence-electron chi connectivity index (χ4n) is 0.673. The van der Waals surface area contributed by atoms with Crippen LogP contribution in [0.3, 0.4) is 0 Å². The molecular formula is C6H10N4O. The monoisotopic (exact) mass is 154 g/mol. The van der Waals surface area contributed by atoms with Crippen LogP contribution in [0.2, 0.25) is 0 Å². The molecule has 0 saturated carbocycles. The predicted molar refractivity (Wildman–Crippen MR) is 40.0 cm³/mol. The lowest BCUT2D eigenvalue weighted by molar-refractivity contribution is -0.114. The van der Waals surface area contributed by atoms with E-state index in [0.717, 1.165) is 5.82 Å². The number of anilines is 1. The van der Waals surface area contributed by atoms with Crippen molar-refractivity contribution in [3.63, 3.8) is 0 Å². The second-order valence-electron chi connectivity index (χ2n) is 2.31. The number of aromatic nitrogens is 3. The Bertz CT molecular complexity index is 278. The summed E-state index contributed by atoms with van der Waals surface area (Å²) in [6.07, 6.45) is 0. The van der Waals surface area contributed by atoms with Crippen LogP contribution >= 0.6 is 0 Å². The molecule has 0 aliphatic carbocycles. The van der Waals surface area contributed by atoms with Crippen LogP contribution in [-0.2, 0) is 11.8 Å². The SMILES string of the molecule is CC(=O)Nc1nnc(C)n1C. The maximum atomic E-state index is 10.6. The van der Waals surface area contributed by atoms with E-state index in [-0.39, 0.29) is 5.91 Å². The highest BCUT2D eigenvalue weighted by atomic mass is 16.1. The summed E-state index contributed by atoms with van der Waals surface area (Å²) in [6.45, 7) is 3.25. The lowest BCUT2D eigenvalue weighted by Crippen LogP contribution is -2.10. The van der Waals surface area contributed by atoms with Crippen molar-refractivity contribution in [2.24, 2.45) is 7.05 Å². The highest BCUT2D eigenvalue weighted by molar-refractivity contribution is 5.86. The number of amides is 1. The van der Waals surface area contributed by atoms with Gasteiger partial charge in [0.2, 0.25) is 11.9 Å². The second-order valence-corrected chi connectivity index (χ2v) is 2.31. The summed E-state index contributed by atoms with van der Waals surface area (Å²) in [5, 5.41) is 10.0. The molecule has 0 atom stereocenters. The first-order chi connectivity index (χ1) is 5.11. The van der Waals surface area contributed by atoms with Crippen molar-refractivity contribution in [3.05, 3.63) is 5.82 Å². The van der Waals surface area contributed by atoms with Crippen molar-refractivity contribution in [3.8, 4) is 0 Å². The Morgan fingerprint density at radius 3 is 2.55 bits per heavy atom. The van der Waals surface area contributed by atoms with E-state index in [2.05, 4.69) is 15.5 Å². The van der Waals surface area contributed by atoms with Crippen LogP contribution < -0.4 is 5.32 Å². The fraction of sp³-hybridized carbons (Fsp3) is 0.500. The fourth-order valence-corrected chi connectivity index (χ4v) is 0.673. The van der Waals surface area contributed by atoms with Crippen LogP contribution in [0, 0.1) is 6.92 Å². The molecule has 0 fully saturated rings. The third-order valence-corrected chi connectivity index (χ3v) is 1.38. The van der Waals surface area contributed by atoms with E-state index in [1.165, 1.54) is 6.92 Å². The van der Waals surface area contributed by atoms with E-state index in [0.29, 0.717) is 5.95 Å². The van der Waals surface area contributed by atoms with Crippen LogP contribution in [0.25, 0.3) is 0 Å². The van der Waals surface area contributed by atoms with Gasteiger partial charge >= 0.3 is 0 Å². The number of carbonyl (C=O) groups is 1. The average molecular weight is 154 g/mol. The van der Waals surface area contributed by atoms with Gasteiger partial charge in [-0.2, -0.15) is 0 Å². The molecule has 11 heavy (non-hydrogen) atoms. The van der Waals surface area contributed by atoms with Crippen molar-refractivity contribution in [2.75, 3.05) is 5.32 Å². The van der Waals surface area contributed by atoms with Crippen LogP contribution in [0.15, 0.2) is 0 Å². The van der Waals surface area contributed by atoms with Gasteiger partial charge < -0.3 is 4.57 Å². The summed E-state index contributed by atoms with van der Waals surface area (Å²) in [6, 6.07) is 0. The van der Waals surface area contributed by atoms with Crippen LogP contribution in [0.5, 0.6) is 0 Å². The number of nitrogens with zero attached hydrogens (tertiary/aromatic N) is 3. The van der Waals surface area contributed by atoms with E-state index in [1.54, 1.807) is 11.6 Å². The molecule has 0 aliphatic rings. The summed E-state index contributed by atoms with van der Waals surface area (Å²) in [7, 11) is 1.79. The van der Waals surface area contributed by atoms with Crippen molar-refractivity contribution in [2.45, 2.75) is 13.8 Å². The van der Waals surface area contributed by atoms with Gasteiger partial charge in [0.25, 0.3) is 0 Å². The van der Waals surface area contributed by atoms with E-state index in [9.17, 15) is 4.79 Å².